The van der Waals surface area contributed by atoms with Crippen LogP contribution in [-0.4, -0.2) is 43.0 Å². The summed E-state index contributed by atoms with van der Waals surface area (Å²) in [6, 6.07) is 5.84. The van der Waals surface area contributed by atoms with E-state index in [-0.39, 0.29) is 17.4 Å². The molecule has 1 aromatic rings. The van der Waals surface area contributed by atoms with Gasteiger partial charge in [0.25, 0.3) is 0 Å². The van der Waals surface area contributed by atoms with E-state index < -0.39 is 0 Å². The van der Waals surface area contributed by atoms with Crippen LogP contribution in [0.4, 0.5) is 0 Å². The van der Waals surface area contributed by atoms with Gasteiger partial charge in [-0.05, 0) is 94.1 Å². The number of ether oxygens (including phenoxy) is 1. The number of benzene rings is 1. The van der Waals surface area contributed by atoms with Gasteiger partial charge in [-0.2, -0.15) is 0 Å². The second-order valence-electron chi connectivity index (χ2n) is 10.7. The van der Waals surface area contributed by atoms with Crippen molar-refractivity contribution in [1.82, 2.24) is 10.2 Å². The molecule has 5 aliphatic rings. The zero-order chi connectivity index (χ0) is 21.6. The Morgan fingerprint density at radius 2 is 1.81 bits per heavy atom. The third-order valence-electron chi connectivity index (χ3n) is 8.44. The number of methoxy groups -OCH3 is 1. The van der Waals surface area contributed by atoms with Crippen LogP contribution in [0.5, 0.6) is 5.75 Å². The quantitative estimate of drug-likeness (QED) is 0.754. The molecule has 1 heterocycles. The van der Waals surface area contributed by atoms with E-state index in [1.165, 1.54) is 24.8 Å². The van der Waals surface area contributed by atoms with Crippen molar-refractivity contribution >= 4 is 11.8 Å². The molecule has 4 aliphatic carbocycles. The summed E-state index contributed by atoms with van der Waals surface area (Å²) in [6.45, 7) is 3.37. The molecule has 1 atom stereocenters. The van der Waals surface area contributed by atoms with Crippen LogP contribution in [0.15, 0.2) is 18.2 Å². The van der Waals surface area contributed by atoms with Crippen molar-refractivity contribution in [1.29, 1.82) is 0 Å². The van der Waals surface area contributed by atoms with Crippen LogP contribution in [0, 0.1) is 30.1 Å². The number of aryl methyl sites for hydroxylation is 1. The van der Waals surface area contributed by atoms with E-state index in [0.717, 1.165) is 74.1 Å². The van der Waals surface area contributed by atoms with Crippen molar-refractivity contribution in [3.8, 4) is 5.75 Å². The number of carbonyl (C=O) groups is 2. The first-order chi connectivity index (χ1) is 15.0. The Morgan fingerprint density at radius 3 is 2.45 bits per heavy atom. The average Bonchev–Trinajstić information content (AvgIpc) is 3.22. The van der Waals surface area contributed by atoms with Gasteiger partial charge < -0.3 is 15.0 Å². The molecule has 1 aromatic carbocycles. The van der Waals surface area contributed by atoms with Crippen molar-refractivity contribution in [3.05, 3.63) is 29.3 Å². The van der Waals surface area contributed by atoms with E-state index in [1.54, 1.807) is 7.11 Å². The molecule has 0 spiro atoms. The molecule has 5 heteroatoms. The Labute approximate surface area is 185 Å². The van der Waals surface area contributed by atoms with Gasteiger partial charge in [0, 0.05) is 13.1 Å². The molecule has 1 saturated heterocycles. The third-order valence-corrected chi connectivity index (χ3v) is 8.44. The molecule has 2 amide bonds. The number of amides is 2. The highest BCUT2D eigenvalue weighted by Crippen LogP contribution is 2.60. The summed E-state index contributed by atoms with van der Waals surface area (Å²) in [5.74, 6) is 3.41. The largest absolute Gasteiger partial charge is 0.496 e. The van der Waals surface area contributed by atoms with Gasteiger partial charge in [0.05, 0.1) is 12.5 Å². The zero-order valence-electron chi connectivity index (χ0n) is 19.0. The highest BCUT2D eigenvalue weighted by atomic mass is 16.5. The molecule has 6 rings (SSSR count). The molecule has 0 aromatic heterocycles. The summed E-state index contributed by atoms with van der Waals surface area (Å²) in [5, 5.41) is 3.11. The van der Waals surface area contributed by atoms with Crippen LogP contribution >= 0.6 is 0 Å². The summed E-state index contributed by atoms with van der Waals surface area (Å²) in [4.78, 5) is 28.8. The molecular weight excluding hydrogens is 388 g/mol. The maximum atomic E-state index is 13.8. The summed E-state index contributed by atoms with van der Waals surface area (Å²) >= 11 is 0. The second kappa shape index (κ2) is 8.14. The zero-order valence-corrected chi connectivity index (χ0v) is 19.0. The predicted molar refractivity (Wildman–Crippen MR) is 120 cm³/mol. The van der Waals surface area contributed by atoms with E-state index in [0.29, 0.717) is 12.5 Å². The first-order valence-corrected chi connectivity index (χ1v) is 12.2. The molecular formula is C26H36N2O3. The minimum atomic E-state index is -0.292. The summed E-state index contributed by atoms with van der Waals surface area (Å²) in [7, 11) is 1.68. The number of carbonyl (C=O) groups excluding carboxylic acids is 2. The molecule has 0 unspecified atom stereocenters. The SMILES string of the molecule is COc1ccc(C)cc1CCNC(=O)[C@@H]1CCCN1C(=O)C12CC3CC(CC(C3)C1)C2. The van der Waals surface area contributed by atoms with Crippen LogP contribution in [0.2, 0.25) is 0 Å². The fourth-order valence-corrected chi connectivity index (χ4v) is 7.50. The van der Waals surface area contributed by atoms with E-state index in [1.807, 2.05) is 17.0 Å². The molecule has 0 radical (unpaired) electrons. The van der Waals surface area contributed by atoms with Crippen molar-refractivity contribution in [2.75, 3.05) is 20.2 Å². The molecule has 5 nitrogen and oxygen atoms in total. The maximum Gasteiger partial charge on any atom is 0.242 e. The predicted octanol–water partition coefficient (Wildman–Crippen LogP) is 3.87. The molecule has 168 valence electrons. The normalized spacial score (nSPS) is 33.5. The number of nitrogens with one attached hydrogen (secondary N) is 1. The fraction of sp³-hybridized carbons (Fsp3) is 0.692. The lowest BCUT2D eigenvalue weighted by Crippen LogP contribution is -2.57. The summed E-state index contributed by atoms with van der Waals surface area (Å²) in [6.07, 6.45) is 9.64. The maximum absolute atomic E-state index is 13.8. The van der Waals surface area contributed by atoms with E-state index >= 15 is 0 Å². The van der Waals surface area contributed by atoms with Gasteiger partial charge in [-0.25, -0.2) is 0 Å². The van der Waals surface area contributed by atoms with Crippen LogP contribution in [0.1, 0.15) is 62.5 Å². The lowest BCUT2D eigenvalue weighted by Gasteiger charge is -2.56. The number of rotatable bonds is 6. The third kappa shape index (κ3) is 3.85. The van der Waals surface area contributed by atoms with E-state index in [9.17, 15) is 9.59 Å². The number of hydrogen-bond acceptors (Lipinski definition) is 3. The highest BCUT2D eigenvalue weighted by Gasteiger charge is 2.56. The van der Waals surface area contributed by atoms with Crippen molar-refractivity contribution in [2.45, 2.75) is 70.8 Å². The second-order valence-corrected chi connectivity index (χ2v) is 10.7. The van der Waals surface area contributed by atoms with Gasteiger partial charge in [-0.15, -0.1) is 0 Å². The standard InChI is InChI=1S/C26H36N2O3/c1-17-5-6-23(31-2)21(10-17)7-8-27-24(29)22-4-3-9-28(22)25(30)26-14-18-11-19(15-26)13-20(12-18)16-26/h5-6,10,18-20,22H,3-4,7-9,11-16H2,1-2H3,(H,27,29)/t18?,19?,20?,22-,26?/m0/s1. The van der Waals surface area contributed by atoms with Crippen LogP contribution in [0.3, 0.4) is 0 Å². The topological polar surface area (TPSA) is 58.6 Å². The van der Waals surface area contributed by atoms with Gasteiger partial charge in [-0.1, -0.05) is 17.7 Å². The van der Waals surface area contributed by atoms with E-state index in [4.69, 9.17) is 4.74 Å². The summed E-state index contributed by atoms with van der Waals surface area (Å²) in [5.41, 5.74) is 2.13. The van der Waals surface area contributed by atoms with Gasteiger partial charge in [-0.3, -0.25) is 9.59 Å². The minimum Gasteiger partial charge on any atom is -0.496 e. The molecule has 4 saturated carbocycles. The van der Waals surface area contributed by atoms with Crippen molar-refractivity contribution in [2.24, 2.45) is 23.2 Å². The molecule has 4 bridgehead atoms. The van der Waals surface area contributed by atoms with Gasteiger partial charge in [0.1, 0.15) is 11.8 Å². The highest BCUT2D eigenvalue weighted by molar-refractivity contribution is 5.91. The average molecular weight is 425 g/mol. The molecule has 1 aliphatic heterocycles. The molecule has 31 heavy (non-hydrogen) atoms. The monoisotopic (exact) mass is 424 g/mol. The van der Waals surface area contributed by atoms with Crippen molar-refractivity contribution in [3.63, 3.8) is 0 Å². The number of hydrogen-bond donors (Lipinski definition) is 1. The van der Waals surface area contributed by atoms with Crippen LogP contribution < -0.4 is 10.1 Å². The van der Waals surface area contributed by atoms with E-state index in [2.05, 4.69) is 18.3 Å². The first-order valence-electron chi connectivity index (χ1n) is 12.2. The first kappa shape index (κ1) is 20.8. The Hall–Kier alpha value is -2.04. The van der Waals surface area contributed by atoms with Gasteiger partial charge in [0.15, 0.2) is 0 Å². The minimum absolute atomic E-state index is 0.0159. The van der Waals surface area contributed by atoms with Gasteiger partial charge >= 0.3 is 0 Å². The fourth-order valence-electron chi connectivity index (χ4n) is 7.50. The van der Waals surface area contributed by atoms with Crippen molar-refractivity contribution < 1.29 is 14.3 Å². The Balaban J connectivity index is 1.22. The smallest absolute Gasteiger partial charge is 0.242 e. The lowest BCUT2D eigenvalue weighted by molar-refractivity contribution is -0.160. The lowest BCUT2D eigenvalue weighted by atomic mass is 9.49. The number of nitrogens with zero attached hydrogens (tertiary/aromatic N) is 1. The molecule has 1 N–H and O–H groups in total. The molecule has 5 fully saturated rings. The van der Waals surface area contributed by atoms with Crippen LogP contribution in [-0.2, 0) is 16.0 Å². The van der Waals surface area contributed by atoms with Crippen LogP contribution in [0.25, 0.3) is 0 Å². The Morgan fingerprint density at radius 1 is 1.13 bits per heavy atom. The number of likely N-dealkylation sites (tertiary alicyclic amines) is 1. The summed E-state index contributed by atoms with van der Waals surface area (Å²) < 4.78 is 5.46. The van der Waals surface area contributed by atoms with Gasteiger partial charge in [0.2, 0.25) is 11.8 Å². The Bertz CT molecular complexity index is 829. The Kier molecular flexibility index (Phi) is 5.47.